The van der Waals surface area contributed by atoms with Crippen LogP contribution in [0.3, 0.4) is 0 Å². The topological polar surface area (TPSA) is 37.8 Å². The first-order valence-corrected chi connectivity index (χ1v) is 7.33. The van der Waals surface area contributed by atoms with Gasteiger partial charge in [0.25, 0.3) is 0 Å². The smallest absolute Gasteiger partial charge is 0.134 e. The molecule has 1 aromatic rings. The first kappa shape index (κ1) is 16.1. The minimum absolute atomic E-state index is 0.0117. The van der Waals surface area contributed by atoms with Crippen LogP contribution in [0.25, 0.3) is 0 Å². The van der Waals surface area contributed by atoms with Gasteiger partial charge in [0.2, 0.25) is 0 Å². The Morgan fingerprint density at radius 2 is 1.63 bits per heavy atom. The molecule has 0 aliphatic rings. The van der Waals surface area contributed by atoms with E-state index in [9.17, 15) is 0 Å². The highest BCUT2D eigenvalue weighted by molar-refractivity contribution is 5.29. The first-order chi connectivity index (χ1) is 8.77. The summed E-state index contributed by atoms with van der Waals surface area (Å²) >= 11 is 0. The third kappa shape index (κ3) is 4.27. The van der Waals surface area contributed by atoms with Crippen molar-refractivity contribution in [3.8, 4) is 0 Å². The lowest BCUT2D eigenvalue weighted by Crippen LogP contribution is -2.24. The van der Waals surface area contributed by atoms with Crippen molar-refractivity contribution in [1.82, 2.24) is 15.3 Å². The molecule has 1 aromatic heterocycles. The van der Waals surface area contributed by atoms with Crippen molar-refractivity contribution < 1.29 is 0 Å². The Balaban J connectivity index is 2.97. The summed E-state index contributed by atoms with van der Waals surface area (Å²) in [7, 11) is 0. The van der Waals surface area contributed by atoms with Gasteiger partial charge in [-0.05, 0) is 38.3 Å². The standard InChI is InChI=1S/C16H29N3/c1-8-9-17-10-11(2)14-12(3)18-15(16(5,6)7)19-13(14)4/h11,17H,8-10H2,1-7H3. The normalized spacial score (nSPS) is 13.6. The number of rotatable bonds is 5. The molecule has 0 aliphatic heterocycles. The van der Waals surface area contributed by atoms with Crippen molar-refractivity contribution in [1.29, 1.82) is 0 Å². The number of hydrogen-bond donors (Lipinski definition) is 1. The molecule has 0 spiro atoms. The lowest BCUT2D eigenvalue weighted by Gasteiger charge is -2.22. The van der Waals surface area contributed by atoms with Crippen LogP contribution < -0.4 is 5.32 Å². The van der Waals surface area contributed by atoms with Crippen molar-refractivity contribution in [3.05, 3.63) is 22.8 Å². The summed E-state index contributed by atoms with van der Waals surface area (Å²) in [6.45, 7) is 17.2. The van der Waals surface area contributed by atoms with Crippen LogP contribution in [0, 0.1) is 13.8 Å². The molecule has 19 heavy (non-hydrogen) atoms. The average molecular weight is 263 g/mol. The maximum absolute atomic E-state index is 4.72. The highest BCUT2D eigenvalue weighted by Gasteiger charge is 2.21. The first-order valence-electron chi connectivity index (χ1n) is 7.33. The molecule has 3 nitrogen and oxygen atoms in total. The third-order valence-corrected chi connectivity index (χ3v) is 3.37. The molecule has 1 unspecified atom stereocenters. The van der Waals surface area contributed by atoms with E-state index in [2.05, 4.69) is 53.8 Å². The number of aryl methyl sites for hydroxylation is 2. The fraction of sp³-hybridized carbons (Fsp3) is 0.750. The second-order valence-electron chi connectivity index (χ2n) is 6.49. The Bertz CT molecular complexity index is 395. The lowest BCUT2D eigenvalue weighted by atomic mass is 9.93. The maximum atomic E-state index is 4.72. The molecule has 1 heterocycles. The SMILES string of the molecule is CCCNCC(C)c1c(C)nc(C(C)(C)C)nc1C. The van der Waals surface area contributed by atoms with Gasteiger partial charge in [-0.25, -0.2) is 9.97 Å². The van der Waals surface area contributed by atoms with Crippen LogP contribution >= 0.6 is 0 Å². The zero-order chi connectivity index (χ0) is 14.6. The van der Waals surface area contributed by atoms with Gasteiger partial charge in [-0.3, -0.25) is 0 Å². The van der Waals surface area contributed by atoms with E-state index in [0.717, 1.165) is 30.3 Å². The summed E-state index contributed by atoms with van der Waals surface area (Å²) in [4.78, 5) is 9.43. The molecule has 0 saturated carbocycles. The van der Waals surface area contributed by atoms with E-state index in [1.165, 1.54) is 12.0 Å². The Morgan fingerprint density at radius 1 is 1.11 bits per heavy atom. The number of aromatic nitrogens is 2. The van der Waals surface area contributed by atoms with Crippen molar-refractivity contribution in [3.63, 3.8) is 0 Å². The summed E-state index contributed by atoms with van der Waals surface area (Å²) < 4.78 is 0. The Labute approximate surface area is 118 Å². The molecule has 1 rings (SSSR count). The maximum Gasteiger partial charge on any atom is 0.134 e. The molecular formula is C16H29N3. The number of nitrogens with one attached hydrogen (secondary N) is 1. The second-order valence-corrected chi connectivity index (χ2v) is 6.49. The molecule has 0 saturated heterocycles. The Morgan fingerprint density at radius 3 is 2.05 bits per heavy atom. The Hall–Kier alpha value is -0.960. The molecule has 108 valence electrons. The molecule has 0 aromatic carbocycles. The van der Waals surface area contributed by atoms with Crippen molar-refractivity contribution in [2.75, 3.05) is 13.1 Å². The van der Waals surface area contributed by atoms with Crippen LogP contribution in [0.4, 0.5) is 0 Å². The predicted molar refractivity (Wildman–Crippen MR) is 81.8 cm³/mol. The Kier molecular flexibility index (Phi) is 5.48. The van der Waals surface area contributed by atoms with Crippen LogP contribution in [0.15, 0.2) is 0 Å². The summed E-state index contributed by atoms with van der Waals surface area (Å²) in [5.41, 5.74) is 3.57. The molecule has 3 heteroatoms. The van der Waals surface area contributed by atoms with Gasteiger partial charge in [0.1, 0.15) is 5.82 Å². The van der Waals surface area contributed by atoms with E-state index in [-0.39, 0.29) is 5.41 Å². The molecular weight excluding hydrogens is 234 g/mol. The molecule has 1 atom stereocenters. The van der Waals surface area contributed by atoms with Gasteiger partial charge in [-0.2, -0.15) is 0 Å². The molecule has 0 bridgehead atoms. The summed E-state index contributed by atoms with van der Waals surface area (Å²) in [5.74, 6) is 1.40. The van der Waals surface area contributed by atoms with E-state index >= 15 is 0 Å². The molecule has 0 aliphatic carbocycles. The quantitative estimate of drug-likeness (QED) is 0.826. The van der Waals surface area contributed by atoms with Crippen molar-refractivity contribution in [2.24, 2.45) is 0 Å². The van der Waals surface area contributed by atoms with Crippen LogP contribution in [0.5, 0.6) is 0 Å². The summed E-state index contributed by atoms with van der Waals surface area (Å²) in [6, 6.07) is 0. The zero-order valence-electron chi connectivity index (χ0n) is 13.6. The van der Waals surface area contributed by atoms with Gasteiger partial charge < -0.3 is 5.32 Å². The van der Waals surface area contributed by atoms with Crippen molar-refractivity contribution >= 4 is 0 Å². The molecule has 0 fully saturated rings. The monoisotopic (exact) mass is 263 g/mol. The van der Waals surface area contributed by atoms with E-state index in [0.29, 0.717) is 5.92 Å². The fourth-order valence-corrected chi connectivity index (χ4v) is 2.37. The highest BCUT2D eigenvalue weighted by Crippen LogP contribution is 2.25. The van der Waals surface area contributed by atoms with E-state index in [1.54, 1.807) is 0 Å². The van der Waals surface area contributed by atoms with Gasteiger partial charge in [0.15, 0.2) is 0 Å². The van der Waals surface area contributed by atoms with Crippen LogP contribution in [0.1, 0.15) is 69.7 Å². The largest absolute Gasteiger partial charge is 0.316 e. The van der Waals surface area contributed by atoms with Crippen LogP contribution in [-0.4, -0.2) is 23.1 Å². The molecule has 0 amide bonds. The number of hydrogen-bond acceptors (Lipinski definition) is 3. The van der Waals surface area contributed by atoms with Gasteiger partial charge in [-0.15, -0.1) is 0 Å². The van der Waals surface area contributed by atoms with E-state index < -0.39 is 0 Å². The van der Waals surface area contributed by atoms with Gasteiger partial charge in [0.05, 0.1) is 0 Å². The van der Waals surface area contributed by atoms with Gasteiger partial charge >= 0.3 is 0 Å². The van der Waals surface area contributed by atoms with Gasteiger partial charge in [-0.1, -0.05) is 34.6 Å². The van der Waals surface area contributed by atoms with Crippen LogP contribution in [-0.2, 0) is 5.41 Å². The minimum atomic E-state index is 0.0117. The van der Waals surface area contributed by atoms with Crippen LogP contribution in [0.2, 0.25) is 0 Å². The third-order valence-electron chi connectivity index (χ3n) is 3.37. The summed E-state index contributed by atoms with van der Waals surface area (Å²) in [6.07, 6.45) is 1.17. The van der Waals surface area contributed by atoms with Crippen molar-refractivity contribution in [2.45, 2.75) is 66.2 Å². The summed E-state index contributed by atoms with van der Waals surface area (Å²) in [5, 5.41) is 3.48. The average Bonchev–Trinajstić information content (AvgIpc) is 2.27. The van der Waals surface area contributed by atoms with E-state index in [1.807, 2.05) is 0 Å². The second kappa shape index (κ2) is 6.47. The number of nitrogens with zero attached hydrogens (tertiary/aromatic N) is 2. The zero-order valence-corrected chi connectivity index (χ0v) is 13.6. The molecule has 0 radical (unpaired) electrons. The highest BCUT2D eigenvalue weighted by atomic mass is 14.9. The van der Waals surface area contributed by atoms with Gasteiger partial charge in [0, 0.05) is 23.3 Å². The minimum Gasteiger partial charge on any atom is -0.316 e. The van der Waals surface area contributed by atoms with E-state index in [4.69, 9.17) is 9.97 Å². The fourth-order valence-electron chi connectivity index (χ4n) is 2.37. The lowest BCUT2D eigenvalue weighted by molar-refractivity contribution is 0.533. The molecule has 1 N–H and O–H groups in total. The predicted octanol–water partition coefficient (Wildman–Crippen LogP) is 3.49.